The van der Waals surface area contributed by atoms with Crippen LogP contribution in [-0.2, 0) is 6.18 Å². The minimum Gasteiger partial charge on any atom is -0.507 e. The molecule has 23 heavy (non-hydrogen) atoms. The third-order valence-electron chi connectivity index (χ3n) is 2.84. The Morgan fingerprint density at radius 3 is 2.52 bits per heavy atom. The number of phenolic OH excluding ortho intramolecular Hbond substituents is 1. The largest absolute Gasteiger partial charge is 0.507 e. The van der Waals surface area contributed by atoms with E-state index < -0.39 is 16.7 Å². The molecule has 0 bridgehead atoms. The van der Waals surface area contributed by atoms with Crippen molar-refractivity contribution in [1.82, 2.24) is 0 Å². The number of nitrogens with zero attached hydrogens (tertiary/aromatic N) is 2. The molecule has 2 aromatic rings. The van der Waals surface area contributed by atoms with Crippen LogP contribution in [0.4, 0.5) is 24.5 Å². The number of alkyl halides is 3. The molecule has 0 spiro atoms. The summed E-state index contributed by atoms with van der Waals surface area (Å²) in [5, 5.41) is 20.3. The van der Waals surface area contributed by atoms with Crippen molar-refractivity contribution in [1.29, 1.82) is 0 Å². The zero-order valence-corrected chi connectivity index (χ0v) is 12.0. The second-order valence-electron chi connectivity index (χ2n) is 4.42. The molecule has 0 amide bonds. The maximum absolute atomic E-state index is 12.7. The van der Waals surface area contributed by atoms with Crippen molar-refractivity contribution < 1.29 is 23.2 Å². The number of rotatable bonds is 3. The van der Waals surface area contributed by atoms with Gasteiger partial charge in [0, 0.05) is 23.9 Å². The molecule has 0 atom stereocenters. The van der Waals surface area contributed by atoms with Gasteiger partial charge in [-0.05, 0) is 24.3 Å². The van der Waals surface area contributed by atoms with Gasteiger partial charge in [-0.3, -0.25) is 15.1 Å². The second kappa shape index (κ2) is 6.25. The summed E-state index contributed by atoms with van der Waals surface area (Å²) < 4.78 is 38.0. The monoisotopic (exact) mass is 344 g/mol. The van der Waals surface area contributed by atoms with Crippen LogP contribution >= 0.6 is 11.6 Å². The van der Waals surface area contributed by atoms with E-state index in [4.69, 9.17) is 11.6 Å². The van der Waals surface area contributed by atoms with E-state index in [1.54, 1.807) is 0 Å². The highest BCUT2D eigenvalue weighted by molar-refractivity contribution is 6.33. The zero-order chi connectivity index (χ0) is 17.2. The average molecular weight is 345 g/mol. The van der Waals surface area contributed by atoms with Gasteiger partial charge < -0.3 is 5.11 Å². The Kier molecular flexibility index (Phi) is 4.55. The Labute approximate surface area is 132 Å². The Balaban J connectivity index is 2.41. The highest BCUT2D eigenvalue weighted by atomic mass is 35.5. The Morgan fingerprint density at radius 2 is 1.91 bits per heavy atom. The van der Waals surface area contributed by atoms with Gasteiger partial charge in [0.05, 0.1) is 21.2 Å². The zero-order valence-electron chi connectivity index (χ0n) is 11.2. The average Bonchev–Trinajstić information content (AvgIpc) is 2.46. The Morgan fingerprint density at radius 1 is 1.22 bits per heavy atom. The molecule has 0 aliphatic carbocycles. The summed E-state index contributed by atoms with van der Waals surface area (Å²) in [4.78, 5) is 13.8. The number of phenols is 1. The molecule has 1 N–H and O–H groups in total. The van der Waals surface area contributed by atoms with Crippen molar-refractivity contribution in [2.24, 2.45) is 4.99 Å². The summed E-state index contributed by atoms with van der Waals surface area (Å²) in [7, 11) is 0. The fraction of sp³-hybridized carbons (Fsp3) is 0.0714. The third-order valence-corrected chi connectivity index (χ3v) is 3.16. The first-order valence-electron chi connectivity index (χ1n) is 6.06. The quantitative estimate of drug-likeness (QED) is 0.497. The number of hydrogen-bond donors (Lipinski definition) is 1. The Bertz CT molecular complexity index is 791. The number of nitro benzene ring substituents is 1. The first-order valence-corrected chi connectivity index (χ1v) is 6.44. The fourth-order valence-corrected chi connectivity index (χ4v) is 1.85. The third kappa shape index (κ3) is 3.98. The van der Waals surface area contributed by atoms with Crippen molar-refractivity contribution in [2.75, 3.05) is 0 Å². The predicted octanol–water partition coefficient (Wildman–Crippen LogP) is 4.72. The van der Waals surface area contributed by atoms with Crippen molar-refractivity contribution in [2.45, 2.75) is 6.18 Å². The van der Waals surface area contributed by atoms with Crippen LogP contribution in [0.2, 0.25) is 5.02 Å². The highest BCUT2D eigenvalue weighted by Crippen LogP contribution is 2.35. The predicted molar refractivity (Wildman–Crippen MR) is 78.5 cm³/mol. The second-order valence-corrected chi connectivity index (χ2v) is 4.83. The van der Waals surface area contributed by atoms with Crippen LogP contribution in [0.1, 0.15) is 11.1 Å². The van der Waals surface area contributed by atoms with E-state index in [-0.39, 0.29) is 27.7 Å². The molecule has 0 aliphatic heterocycles. The van der Waals surface area contributed by atoms with E-state index in [1.165, 1.54) is 0 Å². The summed E-state index contributed by atoms with van der Waals surface area (Å²) in [5.74, 6) is -0.303. The van der Waals surface area contributed by atoms with Crippen molar-refractivity contribution >= 4 is 29.2 Å². The number of hydrogen-bond acceptors (Lipinski definition) is 4. The number of halogens is 4. The normalized spacial score (nSPS) is 11.8. The van der Waals surface area contributed by atoms with Gasteiger partial charge in [0.1, 0.15) is 5.75 Å². The van der Waals surface area contributed by atoms with Crippen molar-refractivity contribution in [3.05, 3.63) is 62.7 Å². The van der Waals surface area contributed by atoms with E-state index in [9.17, 15) is 28.4 Å². The van der Waals surface area contributed by atoms with Crippen molar-refractivity contribution in [3.63, 3.8) is 0 Å². The van der Waals surface area contributed by atoms with Gasteiger partial charge in [-0.1, -0.05) is 11.6 Å². The summed E-state index contributed by atoms with van der Waals surface area (Å²) in [6.45, 7) is 0. The number of aliphatic imine (C=N–C) groups is 1. The van der Waals surface area contributed by atoms with E-state index in [2.05, 4.69) is 4.99 Å². The fourth-order valence-electron chi connectivity index (χ4n) is 1.69. The minimum atomic E-state index is -4.55. The van der Waals surface area contributed by atoms with Crippen molar-refractivity contribution in [3.8, 4) is 5.75 Å². The molecule has 0 aromatic heterocycles. The van der Waals surface area contributed by atoms with Gasteiger partial charge in [0.2, 0.25) is 0 Å². The van der Waals surface area contributed by atoms with Crippen LogP contribution in [0.3, 0.4) is 0 Å². The highest BCUT2D eigenvalue weighted by Gasteiger charge is 2.30. The van der Waals surface area contributed by atoms with Crippen LogP contribution in [0.15, 0.2) is 41.4 Å². The lowest BCUT2D eigenvalue weighted by Gasteiger charge is -2.08. The molecule has 5 nitrogen and oxygen atoms in total. The molecule has 0 aliphatic rings. The molecule has 0 heterocycles. The summed E-state index contributed by atoms with van der Waals surface area (Å²) in [5.41, 5.74) is -1.42. The molecular formula is C14H8ClF3N2O3. The SMILES string of the molecule is O=[N+]([O-])c1ccc(O)c(C=Nc2cc(C(F)(F)F)ccc2Cl)c1. The molecule has 0 saturated carbocycles. The van der Waals surface area contributed by atoms with Gasteiger partial charge in [0.25, 0.3) is 5.69 Å². The van der Waals surface area contributed by atoms with Crippen LogP contribution in [-0.4, -0.2) is 16.2 Å². The summed E-state index contributed by atoms with van der Waals surface area (Å²) in [6, 6.07) is 5.82. The molecule has 0 saturated heterocycles. The lowest BCUT2D eigenvalue weighted by atomic mass is 10.2. The summed E-state index contributed by atoms with van der Waals surface area (Å²) in [6.07, 6.45) is -3.55. The van der Waals surface area contributed by atoms with Gasteiger partial charge in [-0.25, -0.2) is 0 Å². The first kappa shape index (κ1) is 16.8. The minimum absolute atomic E-state index is 0.0207. The number of benzene rings is 2. The maximum Gasteiger partial charge on any atom is 0.416 e. The molecule has 9 heteroatoms. The maximum atomic E-state index is 12.7. The van der Waals surface area contributed by atoms with E-state index in [0.717, 1.165) is 42.6 Å². The van der Waals surface area contributed by atoms with Gasteiger partial charge in [0.15, 0.2) is 0 Å². The van der Waals surface area contributed by atoms with Crippen LogP contribution in [0.5, 0.6) is 5.75 Å². The van der Waals surface area contributed by atoms with Gasteiger partial charge in [-0.2, -0.15) is 13.2 Å². The molecule has 2 aromatic carbocycles. The van der Waals surface area contributed by atoms with Gasteiger partial charge >= 0.3 is 6.18 Å². The molecule has 0 radical (unpaired) electrons. The molecular weight excluding hydrogens is 337 g/mol. The van der Waals surface area contributed by atoms with Crippen LogP contribution < -0.4 is 0 Å². The lowest BCUT2D eigenvalue weighted by Crippen LogP contribution is -2.04. The standard InChI is InChI=1S/C14H8ClF3N2O3/c15-11-3-1-9(14(16,17)18)6-12(11)19-7-8-5-10(20(22)23)2-4-13(8)21/h1-7,21H. The van der Waals surface area contributed by atoms with E-state index >= 15 is 0 Å². The summed E-state index contributed by atoms with van der Waals surface area (Å²) >= 11 is 5.78. The smallest absolute Gasteiger partial charge is 0.416 e. The number of non-ortho nitro benzene ring substituents is 1. The molecule has 0 unspecified atom stereocenters. The topological polar surface area (TPSA) is 75.7 Å². The number of nitro groups is 1. The van der Waals surface area contributed by atoms with E-state index in [0.29, 0.717) is 0 Å². The number of aromatic hydroxyl groups is 1. The first-order chi connectivity index (χ1) is 10.7. The Hall–Kier alpha value is -2.61. The van der Waals surface area contributed by atoms with Crippen LogP contribution in [0, 0.1) is 10.1 Å². The molecule has 120 valence electrons. The lowest BCUT2D eigenvalue weighted by molar-refractivity contribution is -0.384. The van der Waals surface area contributed by atoms with Crippen LogP contribution in [0.25, 0.3) is 0 Å². The van der Waals surface area contributed by atoms with E-state index in [1.807, 2.05) is 0 Å². The molecule has 0 fully saturated rings. The van der Waals surface area contributed by atoms with Gasteiger partial charge in [-0.15, -0.1) is 0 Å². The molecule has 2 rings (SSSR count).